The summed E-state index contributed by atoms with van der Waals surface area (Å²) in [5.74, 6) is -1.82. The number of rotatable bonds is 4. The maximum atomic E-state index is 14.7. The van der Waals surface area contributed by atoms with Crippen LogP contribution in [-0.4, -0.2) is 28.7 Å². The highest BCUT2D eigenvalue weighted by molar-refractivity contribution is 9.10. The minimum atomic E-state index is -1.32. The summed E-state index contributed by atoms with van der Waals surface area (Å²) in [5, 5.41) is 9.51. The van der Waals surface area contributed by atoms with Gasteiger partial charge in [0.15, 0.2) is 0 Å². The molecule has 0 radical (unpaired) electrons. The number of benzene rings is 2. The van der Waals surface area contributed by atoms with Crippen molar-refractivity contribution in [3.8, 4) is 0 Å². The molecule has 1 aliphatic heterocycles. The number of carboxylic acid groups (broad SMARTS) is 1. The molecule has 0 unspecified atom stereocenters. The molecular weight excluding hydrogens is 427 g/mol. The van der Waals surface area contributed by atoms with E-state index in [0.717, 1.165) is 36.0 Å². The number of aromatic carboxylic acids is 1. The summed E-state index contributed by atoms with van der Waals surface area (Å²) < 4.78 is 17.4. The van der Waals surface area contributed by atoms with E-state index in [1.54, 1.807) is 10.6 Å². The van der Waals surface area contributed by atoms with Crippen LogP contribution in [0.25, 0.3) is 10.9 Å². The fraction of sp³-hybridized carbons (Fsp3) is 0.238. The van der Waals surface area contributed by atoms with Crippen molar-refractivity contribution in [2.24, 2.45) is 0 Å². The third kappa shape index (κ3) is 3.42. The van der Waals surface area contributed by atoms with Crippen molar-refractivity contribution in [3.05, 3.63) is 74.2 Å². The zero-order chi connectivity index (χ0) is 19.8. The van der Waals surface area contributed by atoms with Crippen molar-refractivity contribution in [3.63, 3.8) is 0 Å². The molecule has 3 aromatic rings. The Morgan fingerprint density at radius 2 is 1.82 bits per heavy atom. The molecule has 0 atom stereocenters. The third-order valence-electron chi connectivity index (χ3n) is 5.09. The maximum absolute atomic E-state index is 14.7. The Morgan fingerprint density at radius 1 is 1.14 bits per heavy atom. The lowest BCUT2D eigenvalue weighted by Crippen LogP contribution is -2.22. The average Bonchev–Trinajstić information content (AvgIpc) is 3.19. The van der Waals surface area contributed by atoms with Gasteiger partial charge in [0.2, 0.25) is 5.43 Å². The molecule has 2 heterocycles. The number of carbonyl (C=O) groups is 1. The zero-order valence-corrected chi connectivity index (χ0v) is 16.6. The monoisotopic (exact) mass is 444 g/mol. The first-order chi connectivity index (χ1) is 13.4. The van der Waals surface area contributed by atoms with E-state index >= 15 is 0 Å². The Hall–Kier alpha value is -2.67. The van der Waals surface area contributed by atoms with Crippen molar-refractivity contribution < 1.29 is 14.3 Å². The van der Waals surface area contributed by atoms with Crippen molar-refractivity contribution in [2.45, 2.75) is 19.4 Å². The van der Waals surface area contributed by atoms with E-state index in [1.807, 2.05) is 29.2 Å². The number of nitrogens with zero attached hydrogens (tertiary/aromatic N) is 2. The van der Waals surface area contributed by atoms with Crippen LogP contribution in [0.2, 0.25) is 0 Å². The smallest absolute Gasteiger partial charge is 0.341 e. The standard InChI is InChI=1S/C21H18BrFN2O3/c22-14-5-3-13(4-6-14)11-25-12-16(21(27)28)20(26)15-9-17(23)19(10-18(15)25)24-7-1-2-8-24/h3-6,9-10,12H,1-2,7-8,11H2,(H,27,28). The van der Waals surface area contributed by atoms with Gasteiger partial charge in [0.1, 0.15) is 11.4 Å². The SMILES string of the molecule is O=C(O)c1cn(Cc2ccc(Br)cc2)c2cc(N3CCCC3)c(F)cc2c1=O. The summed E-state index contributed by atoms with van der Waals surface area (Å²) >= 11 is 3.39. The molecule has 0 aliphatic carbocycles. The van der Waals surface area contributed by atoms with Crippen LogP contribution < -0.4 is 10.3 Å². The van der Waals surface area contributed by atoms with Crippen LogP contribution in [0.15, 0.2) is 51.9 Å². The second-order valence-corrected chi connectivity index (χ2v) is 7.86. The molecule has 5 nitrogen and oxygen atoms in total. The van der Waals surface area contributed by atoms with Crippen molar-refractivity contribution in [1.29, 1.82) is 0 Å². The quantitative estimate of drug-likeness (QED) is 0.653. The van der Waals surface area contributed by atoms with Gasteiger partial charge in [0, 0.05) is 35.7 Å². The molecule has 4 rings (SSSR count). The van der Waals surface area contributed by atoms with Crippen LogP contribution in [0.5, 0.6) is 0 Å². The van der Waals surface area contributed by atoms with E-state index in [0.29, 0.717) is 17.7 Å². The van der Waals surface area contributed by atoms with Crippen LogP contribution >= 0.6 is 15.9 Å². The molecule has 0 bridgehead atoms. The molecule has 2 aromatic carbocycles. The fourth-order valence-corrected chi connectivity index (χ4v) is 3.93. The highest BCUT2D eigenvalue weighted by atomic mass is 79.9. The lowest BCUT2D eigenvalue weighted by atomic mass is 10.1. The van der Waals surface area contributed by atoms with Crippen molar-refractivity contribution in [2.75, 3.05) is 18.0 Å². The van der Waals surface area contributed by atoms with Gasteiger partial charge in [-0.15, -0.1) is 0 Å². The number of carboxylic acids is 1. The predicted molar refractivity (Wildman–Crippen MR) is 110 cm³/mol. The molecule has 1 aliphatic rings. The summed E-state index contributed by atoms with van der Waals surface area (Å²) in [4.78, 5) is 26.1. The molecule has 0 spiro atoms. The second-order valence-electron chi connectivity index (χ2n) is 6.95. The number of anilines is 1. The topological polar surface area (TPSA) is 62.5 Å². The molecule has 0 amide bonds. The number of hydrogen-bond acceptors (Lipinski definition) is 3. The van der Waals surface area contributed by atoms with Gasteiger partial charge in [-0.3, -0.25) is 4.79 Å². The molecule has 144 valence electrons. The molecule has 28 heavy (non-hydrogen) atoms. The normalized spacial score (nSPS) is 14.0. The maximum Gasteiger partial charge on any atom is 0.341 e. The minimum Gasteiger partial charge on any atom is -0.477 e. The number of aromatic nitrogens is 1. The van der Waals surface area contributed by atoms with E-state index in [4.69, 9.17) is 0 Å². The van der Waals surface area contributed by atoms with Crippen molar-refractivity contribution >= 4 is 38.5 Å². The summed E-state index contributed by atoms with van der Waals surface area (Å²) in [5.41, 5.74) is 0.897. The molecular formula is C21H18BrFN2O3. The van der Waals surface area contributed by atoms with E-state index < -0.39 is 17.2 Å². The lowest BCUT2D eigenvalue weighted by Gasteiger charge is -2.20. The molecule has 1 saturated heterocycles. The molecule has 7 heteroatoms. The van der Waals surface area contributed by atoms with E-state index in [2.05, 4.69) is 15.9 Å². The summed E-state index contributed by atoms with van der Waals surface area (Å²) in [7, 11) is 0. The van der Waals surface area contributed by atoms with Crippen LogP contribution in [-0.2, 0) is 6.54 Å². The van der Waals surface area contributed by atoms with Gasteiger partial charge in [-0.25, -0.2) is 9.18 Å². The van der Waals surface area contributed by atoms with E-state index in [9.17, 15) is 19.1 Å². The van der Waals surface area contributed by atoms with Gasteiger partial charge in [-0.2, -0.15) is 0 Å². The predicted octanol–water partition coefficient (Wildman–Crippen LogP) is 4.25. The molecule has 0 saturated carbocycles. The summed E-state index contributed by atoms with van der Waals surface area (Å²) in [6.07, 6.45) is 3.35. The Kier molecular flexibility index (Phi) is 4.93. The van der Waals surface area contributed by atoms with E-state index in [-0.39, 0.29) is 10.9 Å². The third-order valence-corrected chi connectivity index (χ3v) is 5.62. The highest BCUT2D eigenvalue weighted by Crippen LogP contribution is 2.28. The second kappa shape index (κ2) is 7.39. The first-order valence-electron chi connectivity index (χ1n) is 9.03. The Bertz CT molecular complexity index is 1120. The van der Waals surface area contributed by atoms with E-state index in [1.165, 1.54) is 12.3 Å². The zero-order valence-electron chi connectivity index (χ0n) is 15.0. The minimum absolute atomic E-state index is 0.0810. The number of pyridine rings is 1. The van der Waals surface area contributed by atoms with Gasteiger partial charge in [0.25, 0.3) is 0 Å². The Balaban J connectivity index is 1.92. The highest BCUT2D eigenvalue weighted by Gasteiger charge is 2.21. The summed E-state index contributed by atoms with van der Waals surface area (Å²) in [6.45, 7) is 1.91. The first kappa shape index (κ1) is 18.7. The van der Waals surface area contributed by atoms with Crippen molar-refractivity contribution in [1.82, 2.24) is 4.57 Å². The molecule has 1 aromatic heterocycles. The van der Waals surface area contributed by atoms with Crippen LogP contribution in [0.4, 0.5) is 10.1 Å². The Morgan fingerprint density at radius 3 is 2.46 bits per heavy atom. The average molecular weight is 445 g/mol. The van der Waals surface area contributed by atoms with Crippen LogP contribution in [0.3, 0.4) is 0 Å². The van der Waals surface area contributed by atoms with Gasteiger partial charge in [0.05, 0.1) is 11.2 Å². The molecule has 1 fully saturated rings. The van der Waals surface area contributed by atoms with Gasteiger partial charge in [-0.05, 0) is 42.7 Å². The van der Waals surface area contributed by atoms with Gasteiger partial charge >= 0.3 is 5.97 Å². The van der Waals surface area contributed by atoms with Gasteiger partial charge < -0.3 is 14.6 Å². The number of halogens is 2. The molecule has 1 N–H and O–H groups in total. The van der Waals surface area contributed by atoms with Crippen LogP contribution in [0.1, 0.15) is 28.8 Å². The van der Waals surface area contributed by atoms with Gasteiger partial charge in [-0.1, -0.05) is 28.1 Å². The Labute approximate surface area is 169 Å². The summed E-state index contributed by atoms with van der Waals surface area (Å²) in [6, 6.07) is 10.5. The largest absolute Gasteiger partial charge is 0.477 e. The van der Waals surface area contributed by atoms with Crippen LogP contribution in [0, 0.1) is 5.82 Å². The first-order valence-corrected chi connectivity index (χ1v) is 9.83. The lowest BCUT2D eigenvalue weighted by molar-refractivity contribution is 0.0695. The number of fused-ring (bicyclic) bond motifs is 1. The number of hydrogen-bond donors (Lipinski definition) is 1. The fourth-order valence-electron chi connectivity index (χ4n) is 3.67.